The summed E-state index contributed by atoms with van der Waals surface area (Å²) in [6, 6.07) is 0. The molecule has 5 nitrogen and oxygen atoms in total. The van der Waals surface area contributed by atoms with Crippen molar-refractivity contribution in [1.29, 1.82) is 0 Å². The molecule has 0 aromatic rings. The van der Waals surface area contributed by atoms with Gasteiger partial charge in [0.2, 0.25) is 5.91 Å². The molecule has 0 aliphatic rings. The van der Waals surface area contributed by atoms with Crippen LogP contribution >= 0.6 is 0 Å². The molecule has 0 spiro atoms. The van der Waals surface area contributed by atoms with Gasteiger partial charge in [-0.3, -0.25) is 4.79 Å². The molecule has 0 radical (unpaired) electrons. The van der Waals surface area contributed by atoms with E-state index in [1.807, 2.05) is 0 Å². The Morgan fingerprint density at radius 2 is 2.09 bits per heavy atom. The summed E-state index contributed by atoms with van der Waals surface area (Å²) in [5, 5.41) is 18.7. The molecule has 0 saturated carbocycles. The van der Waals surface area contributed by atoms with Gasteiger partial charge in [0, 0.05) is 6.54 Å². The molecular formula is C6H8NO4-. The first kappa shape index (κ1) is 9.64. The lowest BCUT2D eigenvalue weighted by atomic mass is 10.3. The largest absolute Gasteiger partial charge is 0.756 e. The molecule has 0 rings (SSSR count). The van der Waals surface area contributed by atoms with Gasteiger partial charge in [0.15, 0.2) is 0 Å². The molecule has 0 saturated heterocycles. The Labute approximate surface area is 63.5 Å². The SMILES string of the molecule is C=C(C(=O)O)C(=O)N([O-])CC. The first-order valence-electron chi connectivity index (χ1n) is 2.91. The maximum Gasteiger partial charge on any atom is 0.340 e. The van der Waals surface area contributed by atoms with Gasteiger partial charge < -0.3 is 15.4 Å². The van der Waals surface area contributed by atoms with E-state index < -0.39 is 17.4 Å². The van der Waals surface area contributed by atoms with Gasteiger partial charge in [0.05, 0.1) is 0 Å². The first-order valence-corrected chi connectivity index (χ1v) is 2.91. The lowest BCUT2D eigenvalue weighted by Crippen LogP contribution is -2.28. The van der Waals surface area contributed by atoms with Crippen molar-refractivity contribution < 1.29 is 14.7 Å². The molecule has 0 aliphatic heterocycles. The van der Waals surface area contributed by atoms with Crippen LogP contribution in [0.15, 0.2) is 12.2 Å². The summed E-state index contributed by atoms with van der Waals surface area (Å²) in [7, 11) is 0. The van der Waals surface area contributed by atoms with Crippen LogP contribution in [0.2, 0.25) is 0 Å². The van der Waals surface area contributed by atoms with Gasteiger partial charge >= 0.3 is 5.97 Å². The average molecular weight is 158 g/mol. The van der Waals surface area contributed by atoms with Crippen LogP contribution in [-0.4, -0.2) is 28.6 Å². The zero-order valence-electron chi connectivity index (χ0n) is 6.03. The molecule has 1 amide bonds. The predicted octanol–water partition coefficient (Wildman–Crippen LogP) is -0.0265. The summed E-state index contributed by atoms with van der Waals surface area (Å²) in [4.78, 5) is 20.7. The Morgan fingerprint density at radius 3 is 2.36 bits per heavy atom. The molecule has 62 valence electrons. The fraction of sp³-hybridized carbons (Fsp3) is 0.333. The highest BCUT2D eigenvalue weighted by atomic mass is 16.5. The minimum Gasteiger partial charge on any atom is -0.756 e. The number of nitrogens with zero attached hydrogens (tertiary/aromatic N) is 1. The summed E-state index contributed by atoms with van der Waals surface area (Å²) in [5.41, 5.74) is -0.707. The normalized spacial score (nSPS) is 8.91. The number of hydrogen-bond donors (Lipinski definition) is 1. The summed E-state index contributed by atoms with van der Waals surface area (Å²) in [6.07, 6.45) is 0. The lowest BCUT2D eigenvalue weighted by Gasteiger charge is -2.25. The third kappa shape index (κ3) is 2.38. The first-order chi connectivity index (χ1) is 5.00. The van der Waals surface area contributed by atoms with Crippen molar-refractivity contribution in [2.45, 2.75) is 6.92 Å². The van der Waals surface area contributed by atoms with Crippen LogP contribution in [0.1, 0.15) is 6.92 Å². The quantitative estimate of drug-likeness (QED) is 0.271. The third-order valence-corrected chi connectivity index (χ3v) is 1.03. The summed E-state index contributed by atoms with van der Waals surface area (Å²) in [6.45, 7) is 4.30. The number of hydrogen-bond acceptors (Lipinski definition) is 3. The Morgan fingerprint density at radius 1 is 1.64 bits per heavy atom. The maximum absolute atomic E-state index is 10.6. The second kappa shape index (κ2) is 3.72. The number of carbonyl (C=O) groups excluding carboxylic acids is 1. The van der Waals surface area contributed by atoms with Gasteiger partial charge in [0.25, 0.3) is 0 Å². The van der Waals surface area contributed by atoms with E-state index in [1.165, 1.54) is 6.92 Å². The zero-order chi connectivity index (χ0) is 9.02. The molecule has 0 aliphatic carbocycles. The highest BCUT2D eigenvalue weighted by Crippen LogP contribution is 1.97. The molecule has 0 unspecified atom stereocenters. The minimum absolute atomic E-state index is 0.0381. The Hall–Kier alpha value is -1.36. The molecule has 0 heterocycles. The van der Waals surface area contributed by atoms with E-state index in [-0.39, 0.29) is 11.6 Å². The van der Waals surface area contributed by atoms with E-state index in [4.69, 9.17) is 5.11 Å². The summed E-state index contributed by atoms with van der Waals surface area (Å²) in [5.74, 6) is -2.57. The minimum atomic E-state index is -1.47. The number of hydroxylamine groups is 2. The molecule has 5 heteroatoms. The Bertz CT molecular complexity index is 199. The molecule has 11 heavy (non-hydrogen) atoms. The van der Waals surface area contributed by atoms with Crippen molar-refractivity contribution in [3.05, 3.63) is 17.4 Å². The van der Waals surface area contributed by atoms with Crippen molar-refractivity contribution in [1.82, 2.24) is 5.06 Å². The fourth-order valence-electron chi connectivity index (χ4n) is 0.386. The van der Waals surface area contributed by atoms with Crippen LogP contribution in [-0.2, 0) is 9.59 Å². The number of rotatable bonds is 3. The molecule has 0 aromatic carbocycles. The van der Waals surface area contributed by atoms with Gasteiger partial charge in [-0.1, -0.05) is 6.58 Å². The van der Waals surface area contributed by atoms with Crippen molar-refractivity contribution in [2.75, 3.05) is 6.54 Å². The molecule has 0 fully saturated rings. The van der Waals surface area contributed by atoms with Gasteiger partial charge in [-0.05, 0) is 6.92 Å². The van der Waals surface area contributed by atoms with Crippen molar-refractivity contribution in [3.8, 4) is 0 Å². The van der Waals surface area contributed by atoms with E-state index in [0.717, 1.165) is 0 Å². The topological polar surface area (TPSA) is 80.7 Å². The van der Waals surface area contributed by atoms with E-state index in [0.29, 0.717) is 0 Å². The number of aliphatic carboxylic acids is 1. The standard InChI is InChI=1S/C6H8NO4/c1-3-7(11)5(8)4(2)6(9)10/h2-3H2,1H3,(H,9,10)/q-1. The van der Waals surface area contributed by atoms with E-state index >= 15 is 0 Å². The van der Waals surface area contributed by atoms with Crippen molar-refractivity contribution >= 4 is 11.9 Å². The second-order valence-corrected chi connectivity index (χ2v) is 1.78. The molecule has 0 bridgehead atoms. The second-order valence-electron chi connectivity index (χ2n) is 1.78. The van der Waals surface area contributed by atoms with Crippen LogP contribution in [0.25, 0.3) is 0 Å². The highest BCUT2D eigenvalue weighted by Gasteiger charge is 2.14. The van der Waals surface area contributed by atoms with Crippen molar-refractivity contribution in [3.63, 3.8) is 0 Å². The van der Waals surface area contributed by atoms with Crippen LogP contribution in [0.4, 0.5) is 0 Å². The van der Waals surface area contributed by atoms with Crippen molar-refractivity contribution in [2.24, 2.45) is 0 Å². The van der Waals surface area contributed by atoms with Gasteiger partial charge in [-0.25, -0.2) is 4.79 Å². The van der Waals surface area contributed by atoms with E-state index in [9.17, 15) is 14.8 Å². The Kier molecular flexibility index (Phi) is 3.26. The highest BCUT2D eigenvalue weighted by molar-refractivity contribution is 6.15. The number of amides is 1. The van der Waals surface area contributed by atoms with Gasteiger partial charge in [-0.2, -0.15) is 0 Å². The fourth-order valence-corrected chi connectivity index (χ4v) is 0.386. The van der Waals surface area contributed by atoms with Crippen LogP contribution < -0.4 is 0 Å². The van der Waals surface area contributed by atoms with Crippen LogP contribution in [0.3, 0.4) is 0 Å². The Balaban J connectivity index is 4.26. The zero-order valence-corrected chi connectivity index (χ0v) is 6.03. The smallest absolute Gasteiger partial charge is 0.340 e. The van der Waals surface area contributed by atoms with E-state index in [2.05, 4.69) is 6.58 Å². The van der Waals surface area contributed by atoms with Crippen LogP contribution in [0.5, 0.6) is 0 Å². The number of carboxylic acid groups (broad SMARTS) is 1. The average Bonchev–Trinajstić information content (AvgIpc) is 2.00. The molecule has 1 N–H and O–H groups in total. The lowest BCUT2D eigenvalue weighted by molar-refractivity contribution is -0.136. The van der Waals surface area contributed by atoms with E-state index in [1.54, 1.807) is 0 Å². The predicted molar refractivity (Wildman–Crippen MR) is 37.5 cm³/mol. The molecular weight excluding hydrogens is 150 g/mol. The summed E-state index contributed by atoms with van der Waals surface area (Å²) >= 11 is 0. The summed E-state index contributed by atoms with van der Waals surface area (Å²) < 4.78 is 0. The number of carbonyl (C=O) groups is 2. The monoisotopic (exact) mass is 158 g/mol. The van der Waals surface area contributed by atoms with Gasteiger partial charge in [0.1, 0.15) is 5.57 Å². The molecule has 0 aromatic heterocycles. The van der Waals surface area contributed by atoms with Gasteiger partial charge in [-0.15, -0.1) is 0 Å². The number of likely N-dealkylation sites (N-methyl/N-ethyl adjacent to an activating group) is 1. The van der Waals surface area contributed by atoms with Crippen LogP contribution in [0, 0.1) is 5.21 Å². The number of carboxylic acids is 1. The molecule has 0 atom stereocenters. The maximum atomic E-state index is 10.6. The third-order valence-electron chi connectivity index (χ3n) is 1.03.